The van der Waals surface area contributed by atoms with Gasteiger partial charge in [0.2, 0.25) is 5.91 Å². The number of amides is 1. The minimum absolute atomic E-state index is 0.0431. The second kappa shape index (κ2) is 25.1. The Bertz CT molecular complexity index is 2020. The molecule has 2 N–H and O–H groups in total. The Morgan fingerprint density at radius 1 is 0.883 bits per heavy atom. The number of carboxylic acids is 1. The van der Waals surface area contributed by atoms with Crippen molar-refractivity contribution in [2.45, 2.75) is 57.4 Å². The first-order valence-corrected chi connectivity index (χ1v) is 20.6. The number of nitrogens with one attached hydrogen (secondary N) is 1. The Kier molecular flexibility index (Phi) is 19.1. The number of fused-ring (bicyclic) bond motifs is 1. The van der Waals surface area contributed by atoms with E-state index in [4.69, 9.17) is 29.2 Å². The first-order chi connectivity index (χ1) is 29.3. The summed E-state index contributed by atoms with van der Waals surface area (Å²) in [5.74, 6) is -0.152. The van der Waals surface area contributed by atoms with Crippen LogP contribution in [0.1, 0.15) is 55.6 Å². The molecule has 320 valence electrons. The van der Waals surface area contributed by atoms with E-state index in [0.717, 1.165) is 51.0 Å². The minimum Gasteiger partial charge on any atom is -0.491 e. The Balaban J connectivity index is 1.08. The van der Waals surface area contributed by atoms with Crippen molar-refractivity contribution in [3.8, 4) is 16.9 Å². The van der Waals surface area contributed by atoms with Gasteiger partial charge in [-0.05, 0) is 77.6 Å². The van der Waals surface area contributed by atoms with Crippen LogP contribution in [0.4, 0.5) is 5.82 Å². The van der Waals surface area contributed by atoms with Gasteiger partial charge in [-0.15, -0.1) is 0 Å². The quantitative estimate of drug-likeness (QED) is 0.0251. The van der Waals surface area contributed by atoms with Gasteiger partial charge in [0.25, 0.3) is 0 Å². The number of anilines is 1. The zero-order valence-corrected chi connectivity index (χ0v) is 34.3. The maximum absolute atomic E-state index is 13.7. The third-order valence-corrected chi connectivity index (χ3v) is 10.2. The second-order valence-electron chi connectivity index (χ2n) is 14.5. The summed E-state index contributed by atoms with van der Waals surface area (Å²) in [4.78, 5) is 47.6. The number of rotatable bonds is 28. The molecule has 0 spiro atoms. The van der Waals surface area contributed by atoms with E-state index < -0.39 is 17.9 Å². The van der Waals surface area contributed by atoms with Crippen LogP contribution in [0.25, 0.3) is 32.3 Å². The number of hydrogen-bond acceptors (Lipinski definition) is 11. The van der Waals surface area contributed by atoms with Gasteiger partial charge in [-0.2, -0.15) is 0 Å². The topological polar surface area (TPSA) is 195 Å². The Morgan fingerprint density at radius 3 is 2.25 bits per heavy atom. The summed E-state index contributed by atoms with van der Waals surface area (Å²) in [6.45, 7) is 7.16. The number of hydrogen-bond donors (Lipinski definition) is 2. The van der Waals surface area contributed by atoms with Gasteiger partial charge in [0.1, 0.15) is 18.2 Å². The number of ether oxygens (including phenoxy) is 5. The van der Waals surface area contributed by atoms with Crippen LogP contribution in [0, 0.1) is 6.92 Å². The summed E-state index contributed by atoms with van der Waals surface area (Å²) in [6.07, 6.45) is 3.85. The van der Waals surface area contributed by atoms with Crippen LogP contribution < -0.4 is 10.1 Å². The molecule has 1 aromatic heterocycles. The fourth-order valence-corrected chi connectivity index (χ4v) is 7.24. The van der Waals surface area contributed by atoms with Gasteiger partial charge in [-0.3, -0.25) is 14.4 Å². The minimum atomic E-state index is -0.978. The molecule has 0 aliphatic carbocycles. The smallest absolute Gasteiger partial charge is 0.303 e. The summed E-state index contributed by atoms with van der Waals surface area (Å²) in [5.41, 5.74) is 12.0. The zero-order valence-electron chi connectivity index (χ0n) is 34.3. The Hall–Kier alpha value is -5.57. The highest BCUT2D eigenvalue weighted by Gasteiger charge is 2.35. The summed E-state index contributed by atoms with van der Waals surface area (Å²) in [7, 11) is 0. The predicted octanol–water partition coefficient (Wildman–Crippen LogP) is 7.37. The third kappa shape index (κ3) is 14.6. The van der Waals surface area contributed by atoms with Gasteiger partial charge in [-0.25, -0.2) is 4.98 Å². The molecule has 0 bridgehead atoms. The maximum Gasteiger partial charge on any atom is 0.303 e. The molecule has 1 saturated heterocycles. The van der Waals surface area contributed by atoms with Gasteiger partial charge in [0, 0.05) is 54.9 Å². The number of carbonyl (C=O) groups excluding carboxylic acids is 2. The van der Waals surface area contributed by atoms with Crippen molar-refractivity contribution in [2.24, 2.45) is 5.11 Å². The highest BCUT2D eigenvalue weighted by molar-refractivity contribution is 6.00. The van der Waals surface area contributed by atoms with Crippen molar-refractivity contribution in [3.05, 3.63) is 101 Å². The molecule has 1 aliphatic heterocycles. The van der Waals surface area contributed by atoms with Gasteiger partial charge in [-0.1, -0.05) is 59.7 Å². The normalized spacial score (nSPS) is 14.2. The molecule has 2 heterocycles. The lowest BCUT2D eigenvalue weighted by Gasteiger charge is -2.25. The molecule has 1 aliphatic rings. The highest BCUT2D eigenvalue weighted by atomic mass is 16.6. The van der Waals surface area contributed by atoms with Crippen LogP contribution in [0.2, 0.25) is 0 Å². The number of aromatic nitrogens is 1. The second-order valence-corrected chi connectivity index (χ2v) is 14.5. The molecule has 15 nitrogen and oxygen atoms in total. The van der Waals surface area contributed by atoms with Crippen molar-refractivity contribution in [1.82, 2.24) is 9.88 Å². The third-order valence-electron chi connectivity index (χ3n) is 10.2. The van der Waals surface area contributed by atoms with Crippen LogP contribution in [0.5, 0.6) is 5.75 Å². The molecule has 3 aromatic carbocycles. The van der Waals surface area contributed by atoms with Crippen molar-refractivity contribution in [2.75, 3.05) is 84.4 Å². The number of carboxylic acid groups (broad SMARTS) is 1. The van der Waals surface area contributed by atoms with E-state index in [9.17, 15) is 19.5 Å². The molecule has 0 saturated carbocycles. The van der Waals surface area contributed by atoms with Crippen LogP contribution in [0.3, 0.4) is 0 Å². The lowest BCUT2D eigenvalue weighted by Crippen LogP contribution is -2.41. The molecule has 15 heteroatoms. The van der Waals surface area contributed by atoms with E-state index in [0.29, 0.717) is 98.4 Å². The highest BCUT2D eigenvalue weighted by Crippen LogP contribution is 2.36. The number of benzene rings is 3. The van der Waals surface area contributed by atoms with Crippen molar-refractivity contribution < 1.29 is 43.2 Å². The first kappa shape index (κ1) is 45.5. The van der Waals surface area contributed by atoms with E-state index in [-0.39, 0.29) is 24.5 Å². The van der Waals surface area contributed by atoms with Crippen LogP contribution in [-0.4, -0.2) is 118 Å². The van der Waals surface area contributed by atoms with Crippen molar-refractivity contribution in [1.29, 1.82) is 0 Å². The fourth-order valence-electron chi connectivity index (χ4n) is 7.24. The van der Waals surface area contributed by atoms with Gasteiger partial charge in [0.05, 0.1) is 65.3 Å². The largest absolute Gasteiger partial charge is 0.491 e. The molecule has 5 rings (SSSR count). The van der Waals surface area contributed by atoms with E-state index in [1.165, 1.54) is 0 Å². The van der Waals surface area contributed by atoms with Crippen molar-refractivity contribution >= 4 is 34.3 Å². The van der Waals surface area contributed by atoms with E-state index in [2.05, 4.69) is 20.3 Å². The lowest BCUT2D eigenvalue weighted by molar-refractivity contribution is -0.139. The molecule has 2 atom stereocenters. The SMILES string of the molecule is Cc1ccnc(NCCCC(=O)N2CCC[C@@H]2C(=O)C[C@@H](CC(=O)O)c2ccc(-c3ccc(OCCOCCOCCOCCOCCN=[N+]=[N-])c4ccccc34)cc2)c1. The van der Waals surface area contributed by atoms with E-state index in [1.54, 1.807) is 11.1 Å². The van der Waals surface area contributed by atoms with E-state index >= 15 is 0 Å². The number of aliphatic carboxylic acids is 1. The zero-order chi connectivity index (χ0) is 42.4. The molecule has 4 aromatic rings. The monoisotopic (exact) mass is 824 g/mol. The number of azide groups is 1. The number of likely N-dealkylation sites (tertiary alicyclic amines) is 1. The number of ketones is 1. The van der Waals surface area contributed by atoms with E-state index in [1.807, 2.05) is 79.7 Å². The van der Waals surface area contributed by atoms with Gasteiger partial charge in [0.15, 0.2) is 5.78 Å². The average Bonchev–Trinajstić information content (AvgIpc) is 3.76. The molecule has 0 unspecified atom stereocenters. The number of carbonyl (C=O) groups is 3. The molecular weight excluding hydrogens is 769 g/mol. The lowest BCUT2D eigenvalue weighted by atomic mass is 9.87. The Morgan fingerprint density at radius 2 is 1.57 bits per heavy atom. The number of aryl methyl sites for hydroxylation is 1. The summed E-state index contributed by atoms with van der Waals surface area (Å²) < 4.78 is 28.0. The first-order valence-electron chi connectivity index (χ1n) is 20.6. The maximum atomic E-state index is 13.7. The van der Waals surface area contributed by atoms with Crippen LogP contribution in [-0.2, 0) is 33.3 Å². The summed E-state index contributed by atoms with van der Waals surface area (Å²) >= 11 is 0. The number of nitrogens with zero attached hydrogens (tertiary/aromatic N) is 5. The average molecular weight is 825 g/mol. The Labute approximate surface area is 350 Å². The standard InChI is InChI=1S/C45H56N6O9/c1-33-16-18-48-43(30-33)47-17-4-9-44(53)51-20-5-8-40(51)41(52)31-36(32-45(54)55)34-10-12-35(13-11-34)37-14-15-42(39-7-3-2-6-38(37)39)60-29-28-59-27-26-58-25-24-57-23-22-56-21-19-49-50-46/h2-3,6-7,10-16,18,30,36,40H,4-5,8-9,17,19-29,31-32H2,1H3,(H,47,48)(H,54,55)/t36-,40+/m0/s1. The summed E-state index contributed by atoms with van der Waals surface area (Å²) in [5, 5.41) is 18.4. The number of pyridine rings is 1. The molecule has 1 fully saturated rings. The summed E-state index contributed by atoms with van der Waals surface area (Å²) in [6, 6.07) is 23.0. The number of Topliss-reactive ketones (excluding diaryl/α,β-unsaturated/α-hetero) is 1. The van der Waals surface area contributed by atoms with Crippen LogP contribution >= 0.6 is 0 Å². The van der Waals surface area contributed by atoms with Gasteiger partial charge < -0.3 is 39.0 Å². The van der Waals surface area contributed by atoms with Gasteiger partial charge >= 0.3 is 5.97 Å². The predicted molar refractivity (Wildman–Crippen MR) is 228 cm³/mol. The molecule has 0 radical (unpaired) electrons. The fraction of sp³-hybridized carbons (Fsp3) is 0.467. The molecular formula is C45H56N6O9. The van der Waals surface area contributed by atoms with Crippen molar-refractivity contribution in [3.63, 3.8) is 0 Å². The molecule has 60 heavy (non-hydrogen) atoms. The van der Waals surface area contributed by atoms with Crippen LogP contribution in [0.15, 0.2) is 84.1 Å². The molecule has 1 amide bonds.